The average molecular weight is 352 g/mol. The molecule has 0 spiro atoms. The molecule has 1 aromatic heterocycles. The van der Waals surface area contributed by atoms with Crippen LogP contribution in [0.15, 0.2) is 41.8 Å². The van der Waals surface area contributed by atoms with Gasteiger partial charge in [0, 0.05) is 28.9 Å². The summed E-state index contributed by atoms with van der Waals surface area (Å²) in [5, 5.41) is 3.24. The minimum Gasteiger partial charge on any atom is -0.339 e. The molecule has 2 aromatic carbocycles. The normalized spacial score (nSPS) is 12.4. The first kappa shape index (κ1) is 17.7. The summed E-state index contributed by atoms with van der Waals surface area (Å²) in [6, 6.07) is 13.0. The van der Waals surface area contributed by atoms with Crippen molar-refractivity contribution in [2.24, 2.45) is 0 Å². The van der Waals surface area contributed by atoms with Crippen molar-refractivity contribution in [2.45, 2.75) is 40.2 Å². The van der Waals surface area contributed by atoms with Gasteiger partial charge in [0.15, 0.2) is 0 Å². The number of thiophene rings is 1. The summed E-state index contributed by atoms with van der Waals surface area (Å²) >= 11 is 1.73. The Morgan fingerprint density at radius 1 is 1.12 bits per heavy atom. The molecule has 0 bridgehead atoms. The minimum absolute atomic E-state index is 0.0903. The summed E-state index contributed by atoms with van der Waals surface area (Å²) in [5.41, 5.74) is 5.65. The number of rotatable bonds is 4. The van der Waals surface area contributed by atoms with Gasteiger partial charge in [-0.1, -0.05) is 25.1 Å². The molecule has 0 aliphatic rings. The van der Waals surface area contributed by atoms with Crippen LogP contribution >= 0.6 is 11.3 Å². The third kappa shape index (κ3) is 3.34. The quantitative estimate of drug-likeness (QED) is 0.560. The third-order valence-electron chi connectivity index (χ3n) is 5.19. The largest absolute Gasteiger partial charge is 0.339 e. The lowest BCUT2D eigenvalue weighted by Gasteiger charge is -2.24. The zero-order valence-electron chi connectivity index (χ0n) is 15.6. The number of aryl methyl sites for hydroxylation is 2. The second kappa shape index (κ2) is 7.01. The highest BCUT2D eigenvalue weighted by atomic mass is 32.1. The Morgan fingerprint density at radius 3 is 2.56 bits per heavy atom. The molecule has 3 aromatic rings. The molecule has 2 nitrogen and oxygen atoms in total. The standard InChI is InChI=1S/C22H25NOS/c1-6-16(4)23(5)22(24)19-12-18-9-10-25-21(18)20(13-19)17-8-7-14(2)15(3)11-17/h7-13,16H,6H2,1-5H3. The average Bonchev–Trinajstić information content (AvgIpc) is 3.09. The Balaban J connectivity index is 2.14. The van der Waals surface area contributed by atoms with Gasteiger partial charge in [0.2, 0.25) is 0 Å². The van der Waals surface area contributed by atoms with E-state index in [9.17, 15) is 4.79 Å². The van der Waals surface area contributed by atoms with Gasteiger partial charge in [-0.05, 0) is 72.8 Å². The summed E-state index contributed by atoms with van der Waals surface area (Å²) in [4.78, 5) is 14.8. The highest BCUT2D eigenvalue weighted by Crippen LogP contribution is 2.35. The van der Waals surface area contributed by atoms with Crippen molar-refractivity contribution in [1.82, 2.24) is 4.90 Å². The summed E-state index contributed by atoms with van der Waals surface area (Å²) in [6.45, 7) is 8.46. The van der Waals surface area contributed by atoms with Crippen LogP contribution in [0.5, 0.6) is 0 Å². The second-order valence-corrected chi connectivity index (χ2v) is 7.75. The van der Waals surface area contributed by atoms with Crippen LogP contribution in [-0.2, 0) is 0 Å². The van der Waals surface area contributed by atoms with E-state index in [0.717, 1.165) is 22.9 Å². The Labute approximate surface area is 154 Å². The zero-order valence-corrected chi connectivity index (χ0v) is 16.4. The summed E-state index contributed by atoms with van der Waals surface area (Å²) in [7, 11) is 1.89. The highest BCUT2D eigenvalue weighted by Gasteiger charge is 2.19. The lowest BCUT2D eigenvalue weighted by molar-refractivity contribution is 0.0741. The fourth-order valence-electron chi connectivity index (χ4n) is 3.01. The van der Waals surface area contributed by atoms with Crippen molar-refractivity contribution < 1.29 is 4.79 Å². The summed E-state index contributed by atoms with van der Waals surface area (Å²) in [5.74, 6) is 0.0903. The molecule has 3 heteroatoms. The predicted molar refractivity (Wildman–Crippen MR) is 109 cm³/mol. The Bertz CT molecular complexity index is 925. The Hall–Kier alpha value is -2.13. The first-order valence-electron chi connectivity index (χ1n) is 8.78. The molecule has 0 saturated carbocycles. The van der Waals surface area contributed by atoms with Crippen molar-refractivity contribution >= 4 is 27.3 Å². The van der Waals surface area contributed by atoms with Gasteiger partial charge >= 0.3 is 0 Å². The van der Waals surface area contributed by atoms with Crippen molar-refractivity contribution in [3.8, 4) is 11.1 Å². The van der Waals surface area contributed by atoms with Crippen LogP contribution in [0, 0.1) is 13.8 Å². The van der Waals surface area contributed by atoms with Gasteiger partial charge in [0.1, 0.15) is 0 Å². The fourth-order valence-corrected chi connectivity index (χ4v) is 3.92. The van der Waals surface area contributed by atoms with Gasteiger partial charge in [0.05, 0.1) is 0 Å². The topological polar surface area (TPSA) is 20.3 Å². The molecule has 1 amide bonds. The SMILES string of the molecule is CCC(C)N(C)C(=O)c1cc(-c2ccc(C)c(C)c2)c2sccc2c1. The molecule has 130 valence electrons. The number of benzene rings is 2. The fraction of sp³-hybridized carbons (Fsp3) is 0.318. The first-order valence-corrected chi connectivity index (χ1v) is 9.66. The maximum atomic E-state index is 12.9. The number of carbonyl (C=O) groups is 1. The zero-order chi connectivity index (χ0) is 18.1. The first-order chi connectivity index (χ1) is 11.9. The van der Waals surface area contributed by atoms with E-state index in [1.165, 1.54) is 21.4 Å². The maximum absolute atomic E-state index is 12.9. The van der Waals surface area contributed by atoms with Crippen LogP contribution in [-0.4, -0.2) is 23.9 Å². The Kier molecular flexibility index (Phi) is 4.96. The van der Waals surface area contributed by atoms with Crippen LogP contribution in [0.4, 0.5) is 0 Å². The number of hydrogen-bond donors (Lipinski definition) is 0. The number of fused-ring (bicyclic) bond motifs is 1. The van der Waals surface area contributed by atoms with Gasteiger partial charge in [-0.3, -0.25) is 4.79 Å². The Morgan fingerprint density at radius 2 is 1.88 bits per heavy atom. The molecule has 0 aliphatic carbocycles. The van der Waals surface area contributed by atoms with E-state index in [1.807, 2.05) is 18.0 Å². The molecule has 25 heavy (non-hydrogen) atoms. The van der Waals surface area contributed by atoms with E-state index in [4.69, 9.17) is 0 Å². The van der Waals surface area contributed by atoms with E-state index in [-0.39, 0.29) is 11.9 Å². The van der Waals surface area contributed by atoms with Gasteiger partial charge in [-0.15, -0.1) is 11.3 Å². The number of carbonyl (C=O) groups excluding carboxylic acids is 1. The van der Waals surface area contributed by atoms with Crippen LogP contribution in [0.3, 0.4) is 0 Å². The van der Waals surface area contributed by atoms with Crippen LogP contribution < -0.4 is 0 Å². The molecular formula is C22H25NOS. The summed E-state index contributed by atoms with van der Waals surface area (Å²) < 4.78 is 1.24. The molecule has 3 rings (SSSR count). The van der Waals surface area contributed by atoms with Crippen LogP contribution in [0.1, 0.15) is 41.8 Å². The maximum Gasteiger partial charge on any atom is 0.253 e. The number of nitrogens with zero attached hydrogens (tertiary/aromatic N) is 1. The molecule has 1 heterocycles. The van der Waals surface area contributed by atoms with E-state index < -0.39 is 0 Å². The molecular weight excluding hydrogens is 326 g/mol. The number of amides is 1. The van der Waals surface area contributed by atoms with Gasteiger partial charge < -0.3 is 4.90 Å². The molecule has 0 saturated heterocycles. The second-order valence-electron chi connectivity index (χ2n) is 6.84. The highest BCUT2D eigenvalue weighted by molar-refractivity contribution is 7.17. The van der Waals surface area contributed by atoms with Gasteiger partial charge in [-0.25, -0.2) is 0 Å². The minimum atomic E-state index is 0.0903. The predicted octanol–water partition coefficient (Wildman–Crippen LogP) is 6.06. The van der Waals surface area contributed by atoms with Crippen LogP contribution in [0.2, 0.25) is 0 Å². The molecule has 0 fully saturated rings. The van der Waals surface area contributed by atoms with E-state index in [1.54, 1.807) is 11.3 Å². The van der Waals surface area contributed by atoms with E-state index in [0.29, 0.717) is 0 Å². The van der Waals surface area contributed by atoms with Crippen molar-refractivity contribution in [1.29, 1.82) is 0 Å². The lowest BCUT2D eigenvalue weighted by atomic mass is 9.97. The monoisotopic (exact) mass is 351 g/mol. The summed E-state index contributed by atoms with van der Waals surface area (Å²) in [6.07, 6.45) is 0.951. The van der Waals surface area contributed by atoms with E-state index >= 15 is 0 Å². The smallest absolute Gasteiger partial charge is 0.253 e. The van der Waals surface area contributed by atoms with Crippen molar-refractivity contribution in [2.75, 3.05) is 7.05 Å². The third-order valence-corrected chi connectivity index (χ3v) is 6.15. The van der Waals surface area contributed by atoms with Gasteiger partial charge in [0.25, 0.3) is 5.91 Å². The van der Waals surface area contributed by atoms with E-state index in [2.05, 4.69) is 63.4 Å². The van der Waals surface area contributed by atoms with Crippen molar-refractivity contribution in [3.63, 3.8) is 0 Å². The molecule has 1 unspecified atom stereocenters. The molecule has 1 atom stereocenters. The van der Waals surface area contributed by atoms with Crippen molar-refractivity contribution in [3.05, 3.63) is 58.5 Å². The lowest BCUT2D eigenvalue weighted by Crippen LogP contribution is -2.34. The molecule has 0 N–H and O–H groups in total. The molecule has 0 aliphatic heterocycles. The van der Waals surface area contributed by atoms with Gasteiger partial charge in [-0.2, -0.15) is 0 Å². The number of hydrogen-bond acceptors (Lipinski definition) is 2. The molecule has 0 radical (unpaired) electrons. The van der Waals surface area contributed by atoms with Crippen LogP contribution in [0.25, 0.3) is 21.2 Å².